The molecular formula is C11H24N2O. The van der Waals surface area contributed by atoms with Crippen LogP contribution in [0.1, 0.15) is 20.3 Å². The molecule has 0 bridgehead atoms. The van der Waals surface area contributed by atoms with Crippen molar-refractivity contribution in [1.29, 1.82) is 0 Å². The molecule has 0 spiro atoms. The second-order valence-electron chi connectivity index (χ2n) is 4.56. The van der Waals surface area contributed by atoms with Crippen LogP contribution in [0.15, 0.2) is 0 Å². The molecule has 3 heteroatoms. The highest BCUT2D eigenvalue weighted by Gasteiger charge is 2.19. The smallest absolute Gasteiger partial charge is 0.0575 e. The van der Waals surface area contributed by atoms with Crippen molar-refractivity contribution in [3.8, 4) is 0 Å². The zero-order chi connectivity index (χ0) is 10.6. The maximum Gasteiger partial charge on any atom is 0.0575 e. The van der Waals surface area contributed by atoms with Crippen LogP contribution in [0.5, 0.6) is 0 Å². The van der Waals surface area contributed by atoms with Gasteiger partial charge in [0.25, 0.3) is 0 Å². The van der Waals surface area contributed by atoms with E-state index in [9.17, 15) is 5.11 Å². The highest BCUT2D eigenvalue weighted by molar-refractivity contribution is 4.73. The first-order valence-electron chi connectivity index (χ1n) is 5.72. The van der Waals surface area contributed by atoms with Crippen molar-refractivity contribution >= 4 is 0 Å². The van der Waals surface area contributed by atoms with Crippen LogP contribution in [0.25, 0.3) is 0 Å². The van der Waals surface area contributed by atoms with Crippen molar-refractivity contribution in [2.24, 2.45) is 5.92 Å². The number of rotatable bonds is 4. The van der Waals surface area contributed by atoms with Crippen LogP contribution in [0.3, 0.4) is 0 Å². The van der Waals surface area contributed by atoms with E-state index in [0.29, 0.717) is 5.92 Å². The summed E-state index contributed by atoms with van der Waals surface area (Å²) in [5, 5.41) is 9.67. The van der Waals surface area contributed by atoms with Crippen molar-refractivity contribution in [3.05, 3.63) is 0 Å². The van der Waals surface area contributed by atoms with Gasteiger partial charge in [-0.3, -0.25) is 0 Å². The van der Waals surface area contributed by atoms with Gasteiger partial charge >= 0.3 is 0 Å². The molecule has 0 aliphatic carbocycles. The highest BCUT2D eigenvalue weighted by Crippen LogP contribution is 2.10. The molecule has 0 radical (unpaired) electrons. The Morgan fingerprint density at radius 2 is 1.79 bits per heavy atom. The van der Waals surface area contributed by atoms with Crippen LogP contribution < -0.4 is 0 Å². The van der Waals surface area contributed by atoms with Crippen molar-refractivity contribution in [1.82, 2.24) is 9.80 Å². The quantitative estimate of drug-likeness (QED) is 0.721. The Kier molecular flexibility index (Phi) is 4.85. The molecule has 1 saturated heterocycles. The summed E-state index contributed by atoms with van der Waals surface area (Å²) in [6.07, 6.45) is 0.740. The lowest BCUT2D eigenvalue weighted by Crippen LogP contribution is -2.46. The third kappa shape index (κ3) is 3.56. The third-order valence-corrected chi connectivity index (χ3v) is 3.22. The first-order valence-corrected chi connectivity index (χ1v) is 5.72. The maximum absolute atomic E-state index is 9.67. The molecule has 0 saturated carbocycles. The molecule has 1 aliphatic heterocycles. The molecule has 0 aromatic carbocycles. The summed E-state index contributed by atoms with van der Waals surface area (Å²) in [5.41, 5.74) is 0. The van der Waals surface area contributed by atoms with Crippen LogP contribution in [0.4, 0.5) is 0 Å². The molecule has 1 fully saturated rings. The molecule has 0 amide bonds. The zero-order valence-corrected chi connectivity index (χ0v) is 9.74. The molecule has 3 nitrogen and oxygen atoms in total. The number of aliphatic hydroxyl groups excluding tert-OH is 1. The van der Waals surface area contributed by atoms with E-state index in [2.05, 4.69) is 23.8 Å². The molecule has 0 aromatic rings. The van der Waals surface area contributed by atoms with Crippen molar-refractivity contribution in [2.45, 2.75) is 26.4 Å². The van der Waals surface area contributed by atoms with Crippen molar-refractivity contribution in [2.75, 3.05) is 39.8 Å². The van der Waals surface area contributed by atoms with Crippen LogP contribution >= 0.6 is 0 Å². The van der Waals surface area contributed by atoms with Gasteiger partial charge in [-0.25, -0.2) is 0 Å². The molecule has 2 unspecified atom stereocenters. The average molecular weight is 200 g/mol. The van der Waals surface area contributed by atoms with E-state index >= 15 is 0 Å². The number of hydrogen-bond acceptors (Lipinski definition) is 3. The molecule has 1 heterocycles. The van der Waals surface area contributed by atoms with Gasteiger partial charge in [0.05, 0.1) is 6.10 Å². The van der Waals surface area contributed by atoms with Gasteiger partial charge in [-0.2, -0.15) is 0 Å². The minimum atomic E-state index is -0.130. The van der Waals surface area contributed by atoms with Crippen LogP contribution in [0.2, 0.25) is 0 Å². The minimum Gasteiger partial charge on any atom is -0.393 e. The predicted octanol–water partition coefficient (Wildman–Crippen LogP) is 0.641. The van der Waals surface area contributed by atoms with Gasteiger partial charge in [0, 0.05) is 32.7 Å². The Morgan fingerprint density at radius 1 is 1.21 bits per heavy atom. The number of hydrogen-bond donors (Lipinski definition) is 1. The topological polar surface area (TPSA) is 26.7 Å². The van der Waals surface area contributed by atoms with Gasteiger partial charge in [0.1, 0.15) is 0 Å². The number of aliphatic hydroxyl groups is 1. The average Bonchev–Trinajstić information content (AvgIpc) is 2.20. The van der Waals surface area contributed by atoms with E-state index in [1.165, 1.54) is 0 Å². The fourth-order valence-corrected chi connectivity index (χ4v) is 1.96. The second-order valence-corrected chi connectivity index (χ2v) is 4.56. The lowest BCUT2D eigenvalue weighted by atomic mass is 10.0. The number of likely N-dealkylation sites (N-methyl/N-ethyl adjacent to an activating group) is 1. The normalized spacial score (nSPS) is 24.9. The summed E-state index contributed by atoms with van der Waals surface area (Å²) in [6, 6.07) is 0. The summed E-state index contributed by atoms with van der Waals surface area (Å²) in [4.78, 5) is 4.82. The van der Waals surface area contributed by atoms with Gasteiger partial charge in [-0.05, 0) is 19.4 Å². The number of piperazine rings is 1. The Bertz CT molecular complexity index is 155. The van der Waals surface area contributed by atoms with Crippen molar-refractivity contribution < 1.29 is 5.11 Å². The summed E-state index contributed by atoms with van der Waals surface area (Å²) < 4.78 is 0. The van der Waals surface area contributed by atoms with Crippen LogP contribution in [-0.2, 0) is 0 Å². The van der Waals surface area contributed by atoms with E-state index in [1.54, 1.807) is 0 Å². The van der Waals surface area contributed by atoms with E-state index in [4.69, 9.17) is 0 Å². The van der Waals surface area contributed by atoms with Gasteiger partial charge in [0.2, 0.25) is 0 Å². The second kappa shape index (κ2) is 5.69. The van der Waals surface area contributed by atoms with E-state index < -0.39 is 0 Å². The molecule has 0 aromatic heterocycles. The van der Waals surface area contributed by atoms with Crippen LogP contribution in [-0.4, -0.2) is 60.8 Å². The van der Waals surface area contributed by atoms with Gasteiger partial charge in [-0.15, -0.1) is 0 Å². The molecular weight excluding hydrogens is 176 g/mol. The van der Waals surface area contributed by atoms with E-state index in [-0.39, 0.29) is 6.10 Å². The maximum atomic E-state index is 9.67. The molecule has 14 heavy (non-hydrogen) atoms. The molecule has 1 N–H and O–H groups in total. The van der Waals surface area contributed by atoms with E-state index in [0.717, 1.165) is 39.1 Å². The first kappa shape index (κ1) is 12.0. The summed E-state index contributed by atoms with van der Waals surface area (Å²) in [7, 11) is 2.17. The first-order chi connectivity index (χ1) is 6.63. The Labute approximate surface area is 87.7 Å². The Hall–Kier alpha value is -0.120. The number of nitrogens with zero attached hydrogens (tertiary/aromatic N) is 2. The van der Waals surface area contributed by atoms with Gasteiger partial charge < -0.3 is 14.9 Å². The van der Waals surface area contributed by atoms with Crippen LogP contribution in [0, 0.1) is 5.92 Å². The lowest BCUT2D eigenvalue weighted by Gasteiger charge is -2.34. The lowest BCUT2D eigenvalue weighted by molar-refractivity contribution is 0.0680. The summed E-state index contributed by atoms with van der Waals surface area (Å²) in [6.45, 7) is 9.86. The predicted molar refractivity (Wildman–Crippen MR) is 59.4 cm³/mol. The highest BCUT2D eigenvalue weighted by atomic mass is 16.3. The standard InChI is InChI=1S/C11H24N2O/c1-4-11(14)10(2)9-13-7-5-12(3)6-8-13/h10-11,14H,4-9H2,1-3H3. The van der Waals surface area contributed by atoms with Gasteiger partial charge in [-0.1, -0.05) is 13.8 Å². The largest absolute Gasteiger partial charge is 0.393 e. The molecule has 1 aliphatic rings. The molecule has 2 atom stereocenters. The third-order valence-electron chi connectivity index (χ3n) is 3.22. The molecule has 84 valence electrons. The minimum absolute atomic E-state index is 0.130. The van der Waals surface area contributed by atoms with Crippen molar-refractivity contribution in [3.63, 3.8) is 0 Å². The van der Waals surface area contributed by atoms with Gasteiger partial charge in [0.15, 0.2) is 0 Å². The summed E-state index contributed by atoms with van der Waals surface area (Å²) >= 11 is 0. The fourth-order valence-electron chi connectivity index (χ4n) is 1.96. The SMILES string of the molecule is CCC(O)C(C)CN1CCN(C)CC1. The van der Waals surface area contributed by atoms with E-state index in [1.807, 2.05) is 6.92 Å². The zero-order valence-electron chi connectivity index (χ0n) is 9.74. The Balaban J connectivity index is 2.23. The summed E-state index contributed by atoms with van der Waals surface area (Å²) in [5.74, 6) is 0.406. The monoisotopic (exact) mass is 200 g/mol. The fraction of sp³-hybridized carbons (Fsp3) is 1.00. The molecule has 1 rings (SSSR count). The Morgan fingerprint density at radius 3 is 2.29 bits per heavy atom.